The van der Waals surface area contributed by atoms with Crippen LogP contribution in [0.1, 0.15) is 46.4 Å². The van der Waals surface area contributed by atoms with Crippen molar-refractivity contribution in [3.63, 3.8) is 0 Å². The molecule has 1 aromatic carbocycles. The standard InChI is InChI=1S/C17H19NO3S/c1-17(2,3)12-7-5-11(6-8-12)15(19)18-14-10-9-13(22-14)16(20)21-4/h5-10H,1-4H3,(H,18,19). The average Bonchev–Trinajstić information content (AvgIpc) is 2.94. The number of carbonyl (C=O) groups excluding carboxylic acids is 2. The van der Waals surface area contributed by atoms with Gasteiger partial charge in [0.2, 0.25) is 0 Å². The fourth-order valence-corrected chi connectivity index (χ4v) is 2.74. The number of benzene rings is 1. The Bertz CT molecular complexity index is 681. The molecule has 2 aromatic rings. The van der Waals surface area contributed by atoms with E-state index in [1.54, 1.807) is 12.1 Å². The molecule has 2 rings (SSSR count). The van der Waals surface area contributed by atoms with Gasteiger partial charge < -0.3 is 10.1 Å². The average molecular weight is 317 g/mol. The van der Waals surface area contributed by atoms with Crippen molar-refractivity contribution < 1.29 is 14.3 Å². The van der Waals surface area contributed by atoms with Crippen molar-refractivity contribution in [1.82, 2.24) is 0 Å². The molecule has 0 radical (unpaired) electrons. The zero-order valence-electron chi connectivity index (χ0n) is 13.1. The lowest BCUT2D eigenvalue weighted by atomic mass is 9.87. The summed E-state index contributed by atoms with van der Waals surface area (Å²) in [5, 5.41) is 3.40. The largest absolute Gasteiger partial charge is 0.465 e. The summed E-state index contributed by atoms with van der Waals surface area (Å²) in [6.45, 7) is 6.38. The molecule has 0 aliphatic rings. The van der Waals surface area contributed by atoms with Crippen LogP contribution >= 0.6 is 11.3 Å². The minimum Gasteiger partial charge on any atom is -0.465 e. The van der Waals surface area contributed by atoms with Crippen LogP contribution in [0.2, 0.25) is 0 Å². The number of esters is 1. The molecule has 4 nitrogen and oxygen atoms in total. The number of ether oxygens (including phenoxy) is 1. The van der Waals surface area contributed by atoms with Gasteiger partial charge in [0, 0.05) is 5.56 Å². The van der Waals surface area contributed by atoms with Crippen molar-refractivity contribution in [2.24, 2.45) is 0 Å². The van der Waals surface area contributed by atoms with Gasteiger partial charge in [0.05, 0.1) is 12.1 Å². The fraction of sp³-hybridized carbons (Fsp3) is 0.294. The van der Waals surface area contributed by atoms with Crippen LogP contribution in [0.15, 0.2) is 36.4 Å². The summed E-state index contributed by atoms with van der Waals surface area (Å²) < 4.78 is 4.64. The summed E-state index contributed by atoms with van der Waals surface area (Å²) in [4.78, 5) is 24.1. The van der Waals surface area contributed by atoms with Gasteiger partial charge in [-0.3, -0.25) is 4.79 Å². The first-order chi connectivity index (χ1) is 10.3. The van der Waals surface area contributed by atoms with Crippen LogP contribution in [-0.2, 0) is 10.2 Å². The highest BCUT2D eigenvalue weighted by atomic mass is 32.1. The molecule has 5 heteroatoms. The van der Waals surface area contributed by atoms with Crippen LogP contribution in [0.3, 0.4) is 0 Å². The molecule has 0 fully saturated rings. The van der Waals surface area contributed by atoms with Crippen molar-refractivity contribution in [2.45, 2.75) is 26.2 Å². The van der Waals surface area contributed by atoms with Crippen LogP contribution in [0.5, 0.6) is 0 Å². The predicted molar refractivity (Wildman–Crippen MR) is 88.8 cm³/mol. The molecular weight excluding hydrogens is 298 g/mol. The Morgan fingerprint density at radius 1 is 1.05 bits per heavy atom. The van der Waals surface area contributed by atoms with Gasteiger partial charge in [0.15, 0.2) is 0 Å². The minimum absolute atomic E-state index is 0.0537. The normalized spacial score (nSPS) is 11.1. The third-order valence-electron chi connectivity index (χ3n) is 3.24. The van der Waals surface area contributed by atoms with E-state index in [0.717, 1.165) is 0 Å². The van der Waals surface area contributed by atoms with Gasteiger partial charge in [-0.25, -0.2) is 4.79 Å². The van der Waals surface area contributed by atoms with E-state index >= 15 is 0 Å². The highest BCUT2D eigenvalue weighted by Gasteiger charge is 2.15. The van der Waals surface area contributed by atoms with Crippen molar-refractivity contribution in [3.05, 3.63) is 52.4 Å². The van der Waals surface area contributed by atoms with E-state index in [4.69, 9.17) is 0 Å². The lowest BCUT2D eigenvalue weighted by Gasteiger charge is -2.18. The molecule has 0 saturated carbocycles. The van der Waals surface area contributed by atoms with Crippen molar-refractivity contribution in [3.8, 4) is 0 Å². The lowest BCUT2D eigenvalue weighted by molar-refractivity contribution is 0.0606. The second-order valence-corrected chi connectivity index (χ2v) is 7.02. The fourth-order valence-electron chi connectivity index (χ4n) is 1.92. The summed E-state index contributed by atoms with van der Waals surface area (Å²) in [7, 11) is 1.33. The summed E-state index contributed by atoms with van der Waals surface area (Å²) >= 11 is 1.19. The van der Waals surface area contributed by atoms with Crippen LogP contribution in [-0.4, -0.2) is 19.0 Å². The zero-order valence-corrected chi connectivity index (χ0v) is 13.9. The summed E-state index contributed by atoms with van der Waals surface area (Å²) in [6.07, 6.45) is 0. The molecular formula is C17H19NO3S. The molecule has 0 unspecified atom stereocenters. The Morgan fingerprint density at radius 2 is 1.68 bits per heavy atom. The Balaban J connectivity index is 2.09. The number of methoxy groups -OCH3 is 1. The van der Waals surface area contributed by atoms with E-state index in [-0.39, 0.29) is 11.3 Å². The van der Waals surface area contributed by atoms with Crippen molar-refractivity contribution in [2.75, 3.05) is 12.4 Å². The third-order valence-corrected chi connectivity index (χ3v) is 4.22. The monoisotopic (exact) mass is 317 g/mol. The SMILES string of the molecule is COC(=O)c1ccc(NC(=O)c2ccc(C(C)(C)C)cc2)s1. The topological polar surface area (TPSA) is 55.4 Å². The van der Waals surface area contributed by atoms with Gasteiger partial charge in [0.25, 0.3) is 5.91 Å². The van der Waals surface area contributed by atoms with Crippen LogP contribution in [0, 0.1) is 0 Å². The van der Waals surface area contributed by atoms with Crippen LogP contribution < -0.4 is 5.32 Å². The Morgan fingerprint density at radius 3 is 2.23 bits per heavy atom. The van der Waals surface area contributed by atoms with E-state index < -0.39 is 5.97 Å². The maximum Gasteiger partial charge on any atom is 0.348 e. The molecule has 0 spiro atoms. The number of carbonyl (C=O) groups is 2. The molecule has 0 atom stereocenters. The third kappa shape index (κ3) is 3.74. The Hall–Kier alpha value is -2.14. The lowest BCUT2D eigenvalue weighted by Crippen LogP contribution is -2.13. The molecule has 0 aliphatic carbocycles. The smallest absolute Gasteiger partial charge is 0.348 e. The number of hydrogen-bond donors (Lipinski definition) is 1. The van der Waals surface area contributed by atoms with Gasteiger partial charge in [0.1, 0.15) is 4.88 Å². The first-order valence-corrected chi connectivity index (χ1v) is 7.73. The molecule has 1 N–H and O–H groups in total. The highest BCUT2D eigenvalue weighted by molar-refractivity contribution is 7.18. The zero-order chi connectivity index (χ0) is 16.3. The molecule has 22 heavy (non-hydrogen) atoms. The summed E-state index contributed by atoms with van der Waals surface area (Å²) in [6, 6.07) is 10.9. The van der Waals surface area contributed by atoms with Gasteiger partial charge in [-0.2, -0.15) is 0 Å². The summed E-state index contributed by atoms with van der Waals surface area (Å²) in [5.74, 6) is -0.598. The molecule has 0 saturated heterocycles. The highest BCUT2D eigenvalue weighted by Crippen LogP contribution is 2.24. The number of rotatable bonds is 3. The van der Waals surface area contributed by atoms with Crippen molar-refractivity contribution in [1.29, 1.82) is 0 Å². The first-order valence-electron chi connectivity index (χ1n) is 6.91. The second kappa shape index (κ2) is 6.32. The molecule has 0 aliphatic heterocycles. The van der Waals surface area contributed by atoms with Gasteiger partial charge in [-0.15, -0.1) is 11.3 Å². The second-order valence-electron chi connectivity index (χ2n) is 5.94. The Kier molecular flexibility index (Phi) is 4.66. The molecule has 1 heterocycles. The van der Waals surface area contributed by atoms with Crippen molar-refractivity contribution >= 4 is 28.2 Å². The maximum absolute atomic E-state index is 12.2. The molecule has 1 aromatic heterocycles. The first kappa shape index (κ1) is 16.2. The molecule has 116 valence electrons. The number of nitrogens with one attached hydrogen (secondary N) is 1. The van der Waals surface area contributed by atoms with E-state index in [9.17, 15) is 9.59 Å². The number of thiophene rings is 1. The number of anilines is 1. The van der Waals surface area contributed by atoms with E-state index in [2.05, 4.69) is 30.8 Å². The van der Waals surface area contributed by atoms with Crippen LogP contribution in [0.25, 0.3) is 0 Å². The van der Waals surface area contributed by atoms with Crippen LogP contribution in [0.4, 0.5) is 5.00 Å². The number of hydrogen-bond acceptors (Lipinski definition) is 4. The molecule has 0 bridgehead atoms. The molecule has 1 amide bonds. The van der Waals surface area contributed by atoms with Gasteiger partial charge >= 0.3 is 5.97 Å². The van der Waals surface area contributed by atoms with E-state index in [1.165, 1.54) is 24.0 Å². The van der Waals surface area contributed by atoms with E-state index in [1.807, 2.05) is 24.3 Å². The number of amides is 1. The maximum atomic E-state index is 12.2. The quantitative estimate of drug-likeness (QED) is 0.868. The minimum atomic E-state index is -0.403. The van der Waals surface area contributed by atoms with Gasteiger partial charge in [-0.1, -0.05) is 32.9 Å². The Labute approximate surface area is 134 Å². The van der Waals surface area contributed by atoms with E-state index in [0.29, 0.717) is 15.4 Å². The van der Waals surface area contributed by atoms with Gasteiger partial charge in [-0.05, 0) is 35.2 Å². The summed E-state index contributed by atoms with van der Waals surface area (Å²) in [5.41, 5.74) is 1.81. The predicted octanol–water partition coefficient (Wildman–Crippen LogP) is 4.08.